The molecule has 1 fully saturated rings. The fourth-order valence-corrected chi connectivity index (χ4v) is 4.27. The van der Waals surface area contributed by atoms with Crippen molar-refractivity contribution in [2.75, 3.05) is 7.11 Å². The summed E-state index contributed by atoms with van der Waals surface area (Å²) >= 11 is 12.2. The van der Waals surface area contributed by atoms with Gasteiger partial charge in [0.1, 0.15) is 0 Å². The van der Waals surface area contributed by atoms with Gasteiger partial charge in [0.25, 0.3) is 0 Å². The second kappa shape index (κ2) is 8.11. The molecule has 2 aromatic carbocycles. The van der Waals surface area contributed by atoms with E-state index in [1.165, 1.54) is 12.1 Å². The number of ether oxygens (including phenoxy) is 1. The molecule has 28 heavy (non-hydrogen) atoms. The number of nitrogens with zero attached hydrogens (tertiary/aromatic N) is 1. The van der Waals surface area contributed by atoms with Gasteiger partial charge in [-0.2, -0.15) is 0 Å². The van der Waals surface area contributed by atoms with Crippen molar-refractivity contribution in [1.82, 2.24) is 5.01 Å². The fraction of sp³-hybridized carbons (Fsp3) is 0.333. The highest BCUT2D eigenvalue weighted by Crippen LogP contribution is 2.50. The van der Waals surface area contributed by atoms with E-state index >= 15 is 0 Å². The van der Waals surface area contributed by atoms with Crippen LogP contribution in [0, 0.1) is 5.41 Å². The molecule has 1 saturated heterocycles. The Morgan fingerprint density at radius 2 is 1.86 bits per heavy atom. The third kappa shape index (κ3) is 4.02. The molecule has 148 valence electrons. The SMILES string of the molecule is COC(=O)C[C@]1(C)C[C@H](c2cccc(Cl)c2)[C@@H](c2ccc(Cl)cc2)N(N)C1=O. The number of halogens is 2. The zero-order valence-electron chi connectivity index (χ0n) is 15.7. The minimum atomic E-state index is -0.974. The monoisotopic (exact) mass is 420 g/mol. The first-order chi connectivity index (χ1) is 13.2. The van der Waals surface area contributed by atoms with Crippen LogP contribution in [0.1, 0.15) is 42.9 Å². The van der Waals surface area contributed by atoms with E-state index < -0.39 is 17.4 Å². The molecule has 1 aliphatic heterocycles. The Hall–Kier alpha value is -2.08. The van der Waals surface area contributed by atoms with E-state index in [1.807, 2.05) is 30.3 Å². The highest BCUT2D eigenvalue weighted by Gasteiger charge is 2.50. The van der Waals surface area contributed by atoms with Crippen LogP contribution in [0.2, 0.25) is 10.0 Å². The largest absolute Gasteiger partial charge is 0.469 e. The third-order valence-corrected chi connectivity index (χ3v) is 5.84. The summed E-state index contributed by atoms with van der Waals surface area (Å²) in [5.74, 6) is 5.42. The van der Waals surface area contributed by atoms with Crippen LogP contribution in [0.5, 0.6) is 0 Å². The molecule has 0 saturated carbocycles. The van der Waals surface area contributed by atoms with Crippen LogP contribution in [-0.4, -0.2) is 24.0 Å². The van der Waals surface area contributed by atoms with Crippen LogP contribution < -0.4 is 5.84 Å². The number of methoxy groups -OCH3 is 1. The number of esters is 1. The molecule has 0 bridgehead atoms. The molecule has 3 atom stereocenters. The van der Waals surface area contributed by atoms with Gasteiger partial charge in [0.05, 0.1) is 25.0 Å². The Morgan fingerprint density at radius 3 is 2.46 bits per heavy atom. The lowest BCUT2D eigenvalue weighted by atomic mass is 9.68. The van der Waals surface area contributed by atoms with Crippen molar-refractivity contribution in [2.45, 2.75) is 31.7 Å². The molecular weight excluding hydrogens is 399 g/mol. The Balaban J connectivity index is 2.08. The van der Waals surface area contributed by atoms with Gasteiger partial charge in [0.2, 0.25) is 5.91 Å². The number of carbonyl (C=O) groups excluding carboxylic acids is 2. The fourth-order valence-electron chi connectivity index (χ4n) is 3.94. The first kappa shape index (κ1) is 20.6. The zero-order chi connectivity index (χ0) is 20.5. The lowest BCUT2D eigenvalue weighted by Crippen LogP contribution is -2.55. The van der Waals surface area contributed by atoms with Gasteiger partial charge >= 0.3 is 5.97 Å². The molecule has 0 radical (unpaired) electrons. The standard InChI is InChI=1S/C21H22Cl2N2O3/c1-21(12-18(26)28-2)11-17(14-4-3-5-16(23)10-14)19(25(24)20(21)27)13-6-8-15(22)9-7-13/h3-10,17,19H,11-12,24H2,1-2H3/t17-,19-,21+/m1/s1. The van der Waals surface area contributed by atoms with Gasteiger partial charge in [0, 0.05) is 16.0 Å². The van der Waals surface area contributed by atoms with Crippen LogP contribution in [0.3, 0.4) is 0 Å². The number of carbonyl (C=O) groups is 2. The summed E-state index contributed by atoms with van der Waals surface area (Å²) in [4.78, 5) is 25.1. The van der Waals surface area contributed by atoms with Crippen molar-refractivity contribution in [3.8, 4) is 0 Å². The number of piperidine rings is 1. The predicted octanol–water partition coefficient (Wildman–Crippen LogP) is 4.49. The van der Waals surface area contributed by atoms with E-state index in [9.17, 15) is 9.59 Å². The Bertz CT molecular complexity index is 887. The highest BCUT2D eigenvalue weighted by molar-refractivity contribution is 6.30. The van der Waals surface area contributed by atoms with E-state index in [2.05, 4.69) is 0 Å². The molecule has 5 nitrogen and oxygen atoms in total. The number of rotatable bonds is 4. The molecule has 1 aliphatic rings. The highest BCUT2D eigenvalue weighted by atomic mass is 35.5. The van der Waals surface area contributed by atoms with Crippen molar-refractivity contribution >= 4 is 35.1 Å². The van der Waals surface area contributed by atoms with Gasteiger partial charge in [-0.3, -0.25) is 14.6 Å². The van der Waals surface area contributed by atoms with Crippen LogP contribution in [0.15, 0.2) is 48.5 Å². The number of hydrogen-bond donors (Lipinski definition) is 1. The van der Waals surface area contributed by atoms with Crippen LogP contribution in [0.4, 0.5) is 0 Å². The van der Waals surface area contributed by atoms with Crippen LogP contribution >= 0.6 is 23.2 Å². The maximum absolute atomic E-state index is 13.1. The Kier molecular flexibility index (Phi) is 5.98. The van der Waals surface area contributed by atoms with Gasteiger partial charge in [-0.1, -0.05) is 54.4 Å². The molecule has 0 unspecified atom stereocenters. The summed E-state index contributed by atoms with van der Waals surface area (Å²) < 4.78 is 4.80. The zero-order valence-corrected chi connectivity index (χ0v) is 17.2. The van der Waals surface area contributed by atoms with E-state index in [1.54, 1.807) is 25.1 Å². The number of nitrogens with two attached hydrogens (primary N) is 1. The quantitative estimate of drug-likeness (QED) is 0.449. The molecule has 0 spiro atoms. The summed E-state index contributed by atoms with van der Waals surface area (Å²) in [5.41, 5.74) is 0.842. The third-order valence-electron chi connectivity index (χ3n) is 5.35. The van der Waals surface area contributed by atoms with Gasteiger partial charge < -0.3 is 4.74 Å². The number of hydrazine groups is 1. The second-order valence-corrected chi connectivity index (χ2v) is 8.26. The lowest BCUT2D eigenvalue weighted by molar-refractivity contribution is -0.159. The minimum Gasteiger partial charge on any atom is -0.469 e. The number of benzene rings is 2. The van der Waals surface area contributed by atoms with Gasteiger partial charge in [-0.15, -0.1) is 0 Å². The minimum absolute atomic E-state index is 0.0412. The Morgan fingerprint density at radius 1 is 1.18 bits per heavy atom. The van der Waals surface area contributed by atoms with Gasteiger partial charge in [0.15, 0.2) is 0 Å². The maximum Gasteiger partial charge on any atom is 0.306 e. The topological polar surface area (TPSA) is 72.6 Å². The van der Waals surface area contributed by atoms with Crippen molar-refractivity contribution in [3.63, 3.8) is 0 Å². The van der Waals surface area contributed by atoms with E-state index in [4.69, 9.17) is 33.8 Å². The molecule has 3 rings (SSSR count). The summed E-state index contributed by atoms with van der Waals surface area (Å²) in [6.07, 6.45) is 0.392. The van der Waals surface area contributed by atoms with Crippen molar-refractivity contribution < 1.29 is 14.3 Å². The summed E-state index contributed by atoms with van der Waals surface area (Å²) in [6, 6.07) is 14.4. The number of amides is 1. The van der Waals surface area contributed by atoms with Crippen LogP contribution in [-0.2, 0) is 14.3 Å². The lowest BCUT2D eigenvalue weighted by Gasteiger charge is -2.47. The molecule has 7 heteroatoms. The summed E-state index contributed by atoms with van der Waals surface area (Å²) in [6.45, 7) is 1.75. The van der Waals surface area contributed by atoms with Crippen molar-refractivity contribution in [2.24, 2.45) is 11.3 Å². The van der Waals surface area contributed by atoms with Crippen LogP contribution in [0.25, 0.3) is 0 Å². The average molecular weight is 421 g/mol. The Labute approximate surface area is 174 Å². The molecule has 2 N–H and O–H groups in total. The molecule has 0 aliphatic carbocycles. The number of hydrogen-bond acceptors (Lipinski definition) is 4. The normalized spacial score (nSPS) is 24.9. The summed E-state index contributed by atoms with van der Waals surface area (Å²) in [5, 5.41) is 2.44. The molecule has 1 heterocycles. The molecule has 2 aromatic rings. The smallest absolute Gasteiger partial charge is 0.306 e. The first-order valence-electron chi connectivity index (χ1n) is 8.91. The van der Waals surface area contributed by atoms with Gasteiger partial charge in [-0.25, -0.2) is 5.84 Å². The average Bonchev–Trinajstić information content (AvgIpc) is 2.67. The predicted molar refractivity (Wildman–Crippen MR) is 109 cm³/mol. The molecule has 1 amide bonds. The molecular formula is C21H22Cl2N2O3. The van der Waals surface area contributed by atoms with E-state index in [-0.39, 0.29) is 18.2 Å². The maximum atomic E-state index is 13.1. The van der Waals surface area contributed by atoms with Crippen molar-refractivity contribution in [3.05, 3.63) is 69.7 Å². The molecule has 0 aromatic heterocycles. The van der Waals surface area contributed by atoms with Crippen molar-refractivity contribution in [1.29, 1.82) is 0 Å². The van der Waals surface area contributed by atoms with E-state index in [0.29, 0.717) is 16.5 Å². The summed E-state index contributed by atoms with van der Waals surface area (Å²) in [7, 11) is 1.31. The van der Waals surface area contributed by atoms with Gasteiger partial charge in [-0.05, 0) is 41.8 Å². The van der Waals surface area contributed by atoms with E-state index in [0.717, 1.165) is 11.1 Å². The first-order valence-corrected chi connectivity index (χ1v) is 9.67. The second-order valence-electron chi connectivity index (χ2n) is 7.39.